The average molecular weight is 238 g/mol. The molecule has 0 aromatic carbocycles. The summed E-state index contributed by atoms with van der Waals surface area (Å²) in [6, 6.07) is 0.187. The number of hydrogen-bond acceptors (Lipinski definition) is 4. The molecule has 0 radical (unpaired) electrons. The Labute approximate surface area is 100 Å². The number of carbonyl (C=O) groups is 1. The maximum absolute atomic E-state index is 12.0. The molecule has 1 aromatic rings. The summed E-state index contributed by atoms with van der Waals surface area (Å²) < 4.78 is 6.77. The minimum Gasteiger partial charge on any atom is -0.396 e. The van der Waals surface area contributed by atoms with E-state index in [0.717, 1.165) is 12.8 Å². The van der Waals surface area contributed by atoms with E-state index < -0.39 is 0 Å². The Bertz CT molecular complexity index is 410. The van der Waals surface area contributed by atoms with Gasteiger partial charge < -0.3 is 15.8 Å². The maximum Gasteiger partial charge on any atom is 0.271 e. The van der Waals surface area contributed by atoms with Crippen molar-refractivity contribution in [1.29, 1.82) is 0 Å². The lowest BCUT2D eigenvalue weighted by Crippen LogP contribution is -2.48. The molecule has 1 saturated carbocycles. The van der Waals surface area contributed by atoms with Crippen LogP contribution in [0.15, 0.2) is 6.20 Å². The van der Waals surface area contributed by atoms with Crippen molar-refractivity contribution < 1.29 is 9.53 Å². The molecule has 0 atom stereocenters. The lowest BCUT2D eigenvalue weighted by atomic mass is 9.89. The second-order valence-electron chi connectivity index (χ2n) is 4.26. The number of rotatable bonds is 4. The molecule has 1 heterocycles. The number of nitrogens with one attached hydrogen (secondary N) is 1. The molecular formula is C11H18N4O2. The van der Waals surface area contributed by atoms with Crippen LogP contribution in [-0.4, -0.2) is 34.9 Å². The van der Waals surface area contributed by atoms with Crippen LogP contribution in [0.1, 0.15) is 30.3 Å². The van der Waals surface area contributed by atoms with Gasteiger partial charge in [-0.15, -0.1) is 0 Å². The van der Waals surface area contributed by atoms with Crippen LogP contribution in [0.5, 0.6) is 0 Å². The number of nitrogens with zero attached hydrogens (tertiary/aromatic N) is 2. The predicted octanol–water partition coefficient (Wildman–Crippen LogP) is 0.392. The highest BCUT2D eigenvalue weighted by Crippen LogP contribution is 2.23. The molecule has 1 amide bonds. The molecule has 1 aliphatic carbocycles. The number of aryl methyl sites for hydroxylation is 1. The molecule has 0 spiro atoms. The number of ether oxygens (including phenoxy) is 1. The number of nitrogens with two attached hydrogens (primary N) is 1. The molecular weight excluding hydrogens is 220 g/mol. The SMILES string of the molecule is CCn1ncc(N)c1C(=O)NC1CC(OC)C1. The molecule has 3 N–H and O–H groups in total. The zero-order valence-electron chi connectivity index (χ0n) is 10.1. The van der Waals surface area contributed by atoms with E-state index >= 15 is 0 Å². The molecule has 0 saturated heterocycles. The summed E-state index contributed by atoms with van der Waals surface area (Å²) in [4.78, 5) is 12.0. The van der Waals surface area contributed by atoms with Crippen LogP contribution >= 0.6 is 0 Å². The van der Waals surface area contributed by atoms with Crippen molar-refractivity contribution in [3.8, 4) is 0 Å². The topological polar surface area (TPSA) is 82.2 Å². The maximum atomic E-state index is 12.0. The first-order chi connectivity index (χ1) is 8.15. The first-order valence-corrected chi connectivity index (χ1v) is 5.80. The quantitative estimate of drug-likeness (QED) is 0.795. The van der Waals surface area contributed by atoms with Crippen LogP contribution < -0.4 is 11.1 Å². The molecule has 17 heavy (non-hydrogen) atoms. The molecule has 6 nitrogen and oxygen atoms in total. The van der Waals surface area contributed by atoms with Gasteiger partial charge in [-0.2, -0.15) is 5.10 Å². The van der Waals surface area contributed by atoms with Gasteiger partial charge in [-0.25, -0.2) is 0 Å². The third-order valence-corrected chi connectivity index (χ3v) is 3.15. The Morgan fingerprint density at radius 2 is 2.41 bits per heavy atom. The minimum atomic E-state index is -0.151. The zero-order valence-corrected chi connectivity index (χ0v) is 10.1. The van der Waals surface area contributed by atoms with Gasteiger partial charge in [0.05, 0.1) is 18.0 Å². The third kappa shape index (κ3) is 2.26. The van der Waals surface area contributed by atoms with E-state index in [1.165, 1.54) is 6.20 Å². The average Bonchev–Trinajstić information content (AvgIpc) is 2.64. The standard InChI is InChI=1S/C11H18N4O2/c1-3-15-10(9(12)6-13-15)11(16)14-7-4-8(5-7)17-2/h6-8H,3-5,12H2,1-2H3,(H,14,16). The highest BCUT2D eigenvalue weighted by molar-refractivity contribution is 5.97. The Morgan fingerprint density at radius 1 is 1.71 bits per heavy atom. The van der Waals surface area contributed by atoms with Crippen molar-refractivity contribution in [1.82, 2.24) is 15.1 Å². The number of methoxy groups -OCH3 is 1. The smallest absolute Gasteiger partial charge is 0.271 e. The number of anilines is 1. The van der Waals surface area contributed by atoms with E-state index in [9.17, 15) is 4.79 Å². The van der Waals surface area contributed by atoms with Crippen molar-refractivity contribution in [3.05, 3.63) is 11.9 Å². The molecule has 1 aliphatic rings. The van der Waals surface area contributed by atoms with Gasteiger partial charge in [0.25, 0.3) is 5.91 Å². The monoisotopic (exact) mass is 238 g/mol. The van der Waals surface area contributed by atoms with E-state index in [2.05, 4.69) is 10.4 Å². The van der Waals surface area contributed by atoms with Crippen LogP contribution in [0, 0.1) is 0 Å². The van der Waals surface area contributed by atoms with Gasteiger partial charge in [-0.3, -0.25) is 9.48 Å². The van der Waals surface area contributed by atoms with Gasteiger partial charge in [0.2, 0.25) is 0 Å². The lowest BCUT2D eigenvalue weighted by Gasteiger charge is -2.34. The Hall–Kier alpha value is -1.56. The summed E-state index contributed by atoms with van der Waals surface area (Å²) in [6.07, 6.45) is 3.51. The second-order valence-corrected chi connectivity index (χ2v) is 4.26. The van der Waals surface area contributed by atoms with Crippen molar-refractivity contribution in [2.45, 2.75) is 38.5 Å². The molecule has 0 aliphatic heterocycles. The van der Waals surface area contributed by atoms with E-state index in [1.807, 2.05) is 6.92 Å². The summed E-state index contributed by atoms with van der Waals surface area (Å²) in [5.74, 6) is -0.151. The molecule has 0 unspecified atom stereocenters. The molecule has 2 rings (SSSR count). The van der Waals surface area contributed by atoms with E-state index in [-0.39, 0.29) is 18.1 Å². The summed E-state index contributed by atoms with van der Waals surface area (Å²) in [5, 5.41) is 6.98. The summed E-state index contributed by atoms with van der Waals surface area (Å²) in [7, 11) is 1.69. The fourth-order valence-electron chi connectivity index (χ4n) is 2.02. The number of amides is 1. The van der Waals surface area contributed by atoms with Gasteiger partial charge in [0.1, 0.15) is 5.69 Å². The normalized spacial score (nSPS) is 23.2. The number of carbonyl (C=O) groups excluding carboxylic acids is 1. The Balaban J connectivity index is 1.98. The first kappa shape index (κ1) is 11.9. The highest BCUT2D eigenvalue weighted by Gasteiger charge is 2.31. The summed E-state index contributed by atoms with van der Waals surface area (Å²) in [5.41, 5.74) is 6.61. The summed E-state index contributed by atoms with van der Waals surface area (Å²) >= 11 is 0. The van der Waals surface area contributed by atoms with Crippen molar-refractivity contribution >= 4 is 11.6 Å². The molecule has 94 valence electrons. The zero-order chi connectivity index (χ0) is 12.4. The van der Waals surface area contributed by atoms with Crippen LogP contribution in [0.3, 0.4) is 0 Å². The lowest BCUT2D eigenvalue weighted by molar-refractivity contribution is 0.0175. The Kier molecular flexibility index (Phi) is 3.33. The van der Waals surface area contributed by atoms with Crippen molar-refractivity contribution in [3.63, 3.8) is 0 Å². The van der Waals surface area contributed by atoms with Gasteiger partial charge >= 0.3 is 0 Å². The summed E-state index contributed by atoms with van der Waals surface area (Å²) in [6.45, 7) is 2.55. The van der Waals surface area contributed by atoms with E-state index in [1.54, 1.807) is 11.8 Å². The van der Waals surface area contributed by atoms with Crippen LogP contribution in [0.2, 0.25) is 0 Å². The number of hydrogen-bond donors (Lipinski definition) is 2. The van der Waals surface area contributed by atoms with E-state index in [0.29, 0.717) is 17.9 Å². The highest BCUT2D eigenvalue weighted by atomic mass is 16.5. The molecule has 6 heteroatoms. The van der Waals surface area contributed by atoms with Crippen molar-refractivity contribution in [2.24, 2.45) is 0 Å². The molecule has 1 fully saturated rings. The second kappa shape index (κ2) is 4.75. The third-order valence-electron chi connectivity index (χ3n) is 3.15. The molecule has 1 aromatic heterocycles. The predicted molar refractivity (Wildman–Crippen MR) is 63.6 cm³/mol. The number of aromatic nitrogens is 2. The first-order valence-electron chi connectivity index (χ1n) is 5.80. The molecule has 0 bridgehead atoms. The van der Waals surface area contributed by atoms with Gasteiger partial charge in [0, 0.05) is 19.7 Å². The van der Waals surface area contributed by atoms with Crippen LogP contribution in [-0.2, 0) is 11.3 Å². The van der Waals surface area contributed by atoms with Gasteiger partial charge in [-0.1, -0.05) is 0 Å². The van der Waals surface area contributed by atoms with Crippen LogP contribution in [0.4, 0.5) is 5.69 Å². The number of nitrogen functional groups attached to an aromatic ring is 1. The Morgan fingerprint density at radius 3 is 3.00 bits per heavy atom. The van der Waals surface area contributed by atoms with Crippen molar-refractivity contribution in [2.75, 3.05) is 12.8 Å². The van der Waals surface area contributed by atoms with Gasteiger partial charge in [0.15, 0.2) is 0 Å². The van der Waals surface area contributed by atoms with Crippen LogP contribution in [0.25, 0.3) is 0 Å². The minimum absolute atomic E-state index is 0.151. The van der Waals surface area contributed by atoms with Gasteiger partial charge in [-0.05, 0) is 19.8 Å². The fourth-order valence-corrected chi connectivity index (χ4v) is 2.02. The van der Waals surface area contributed by atoms with E-state index in [4.69, 9.17) is 10.5 Å². The fraction of sp³-hybridized carbons (Fsp3) is 0.636. The largest absolute Gasteiger partial charge is 0.396 e.